The van der Waals surface area contributed by atoms with E-state index >= 15 is 0 Å². The summed E-state index contributed by atoms with van der Waals surface area (Å²) >= 11 is 2.52. The minimum Gasteiger partial charge on any atom is -0.315 e. The Morgan fingerprint density at radius 3 is 2.60 bits per heavy atom. The smallest absolute Gasteiger partial charge is 0.252 e. The number of carbonyl (C=O) groups excluding carboxylic acids is 1. The van der Waals surface area contributed by atoms with E-state index in [0.717, 1.165) is 0 Å². The maximum Gasteiger partial charge on any atom is 0.252 e. The number of amides is 1. The van der Waals surface area contributed by atoms with Crippen LogP contribution in [0.15, 0.2) is 33.2 Å². The van der Waals surface area contributed by atoms with Crippen LogP contribution in [0.4, 0.5) is 5.00 Å². The van der Waals surface area contributed by atoms with E-state index in [-0.39, 0.29) is 12.5 Å². The minimum atomic E-state index is -3.43. The van der Waals surface area contributed by atoms with E-state index in [1.807, 2.05) is 11.0 Å². The third-order valence-electron chi connectivity index (χ3n) is 3.83. The topological polar surface area (TPSA) is 93.5 Å². The van der Waals surface area contributed by atoms with E-state index < -0.39 is 10.0 Å². The van der Waals surface area contributed by atoms with Gasteiger partial charge in [0.2, 0.25) is 5.91 Å². The fourth-order valence-electron chi connectivity index (χ4n) is 2.53. The van der Waals surface area contributed by atoms with Crippen molar-refractivity contribution in [2.24, 2.45) is 0 Å². The van der Waals surface area contributed by atoms with Crippen molar-refractivity contribution in [2.75, 3.05) is 38.0 Å². The number of carbonyl (C=O) groups is 1. The quantitative estimate of drug-likeness (QED) is 0.829. The maximum absolute atomic E-state index is 12.5. The lowest BCUT2D eigenvalue weighted by Gasteiger charge is -2.33. The highest BCUT2D eigenvalue weighted by Crippen LogP contribution is 2.23. The number of hydrogen-bond acceptors (Lipinski definition) is 7. The van der Waals surface area contributed by atoms with Gasteiger partial charge in [0.15, 0.2) is 0 Å². The number of nitrogens with zero attached hydrogens (tertiary/aromatic N) is 3. The molecule has 0 unspecified atom stereocenters. The van der Waals surface area contributed by atoms with E-state index in [1.54, 1.807) is 29.0 Å². The molecule has 3 rings (SSSR count). The molecular weight excluding hydrogens is 380 g/mol. The van der Waals surface area contributed by atoms with Crippen molar-refractivity contribution in [1.29, 1.82) is 5.26 Å². The summed E-state index contributed by atoms with van der Waals surface area (Å²) in [5.74, 6) is -0.200. The van der Waals surface area contributed by atoms with Gasteiger partial charge < -0.3 is 5.32 Å². The van der Waals surface area contributed by atoms with Crippen LogP contribution in [0, 0.1) is 11.3 Å². The fraction of sp³-hybridized carbons (Fsp3) is 0.333. The van der Waals surface area contributed by atoms with Gasteiger partial charge in [-0.3, -0.25) is 9.69 Å². The standard InChI is InChI=1S/C15H16N4O3S3/c16-10-12-3-9-24-15(12)17-13(20)11-18-4-6-19(7-5-18)25(21,22)14-2-1-8-23-14/h1-3,8-9H,4-7,11H2,(H,17,20). The van der Waals surface area contributed by atoms with Crippen LogP contribution in [0.2, 0.25) is 0 Å². The van der Waals surface area contributed by atoms with Crippen LogP contribution in [0.1, 0.15) is 5.56 Å². The third kappa shape index (κ3) is 4.08. The summed E-state index contributed by atoms with van der Waals surface area (Å²) in [6, 6.07) is 7.02. The average Bonchev–Trinajstić information content (AvgIpc) is 3.27. The second kappa shape index (κ2) is 7.63. The highest BCUT2D eigenvalue weighted by molar-refractivity contribution is 7.91. The summed E-state index contributed by atoms with van der Waals surface area (Å²) in [5.41, 5.74) is 0.449. The highest BCUT2D eigenvalue weighted by Gasteiger charge is 2.29. The van der Waals surface area contributed by atoms with Crippen LogP contribution >= 0.6 is 22.7 Å². The van der Waals surface area contributed by atoms with Gasteiger partial charge >= 0.3 is 0 Å². The zero-order valence-corrected chi connectivity index (χ0v) is 15.7. The SMILES string of the molecule is N#Cc1ccsc1NC(=O)CN1CCN(S(=O)(=O)c2cccs2)CC1. The van der Waals surface area contributed by atoms with Crippen molar-refractivity contribution in [1.82, 2.24) is 9.21 Å². The summed E-state index contributed by atoms with van der Waals surface area (Å²) in [6.45, 7) is 1.88. The first-order valence-electron chi connectivity index (χ1n) is 7.54. The van der Waals surface area contributed by atoms with Crippen LogP contribution in [-0.2, 0) is 14.8 Å². The lowest BCUT2D eigenvalue weighted by Crippen LogP contribution is -2.50. The number of rotatable bonds is 5. The molecule has 1 saturated heterocycles. The summed E-state index contributed by atoms with van der Waals surface area (Å²) in [7, 11) is -3.43. The molecule has 1 N–H and O–H groups in total. The lowest BCUT2D eigenvalue weighted by atomic mass is 10.3. The normalized spacial score (nSPS) is 16.4. The van der Waals surface area contributed by atoms with Gasteiger partial charge in [-0.05, 0) is 22.9 Å². The Labute approximate surface area is 154 Å². The van der Waals surface area contributed by atoms with E-state index in [2.05, 4.69) is 5.32 Å². The predicted octanol–water partition coefficient (Wildman–Crippen LogP) is 1.63. The van der Waals surface area contributed by atoms with Crippen LogP contribution in [0.5, 0.6) is 0 Å². The molecule has 0 spiro atoms. The molecule has 0 saturated carbocycles. The highest BCUT2D eigenvalue weighted by atomic mass is 32.2. The molecule has 0 aromatic carbocycles. The van der Waals surface area contributed by atoms with Crippen LogP contribution < -0.4 is 5.32 Å². The number of sulfonamides is 1. The van der Waals surface area contributed by atoms with Gasteiger partial charge in [0, 0.05) is 26.2 Å². The Morgan fingerprint density at radius 1 is 1.20 bits per heavy atom. The molecule has 2 aromatic rings. The Bertz CT molecular complexity index is 876. The largest absolute Gasteiger partial charge is 0.315 e. The number of hydrogen-bond donors (Lipinski definition) is 1. The average molecular weight is 397 g/mol. The number of piperazine rings is 1. The van der Waals surface area contributed by atoms with E-state index in [4.69, 9.17) is 5.26 Å². The molecule has 0 atom stereocenters. The Hall–Kier alpha value is -1.77. The maximum atomic E-state index is 12.5. The molecule has 7 nitrogen and oxygen atoms in total. The molecule has 1 aliphatic heterocycles. The van der Waals surface area contributed by atoms with Crippen molar-refractivity contribution in [3.63, 3.8) is 0 Å². The molecule has 132 valence electrons. The third-order valence-corrected chi connectivity index (χ3v) is 7.93. The number of nitriles is 1. The minimum absolute atomic E-state index is 0.176. The van der Waals surface area contributed by atoms with Crippen LogP contribution in [0.25, 0.3) is 0 Å². The summed E-state index contributed by atoms with van der Waals surface area (Å²) < 4.78 is 26.7. The first kappa shape index (κ1) is 18.0. The predicted molar refractivity (Wildman–Crippen MR) is 97.2 cm³/mol. The molecule has 3 heterocycles. The number of thiophene rings is 2. The van der Waals surface area contributed by atoms with Gasteiger partial charge in [-0.2, -0.15) is 9.57 Å². The van der Waals surface area contributed by atoms with Gasteiger partial charge in [-0.15, -0.1) is 22.7 Å². The molecule has 1 amide bonds. The van der Waals surface area contributed by atoms with Crippen molar-refractivity contribution in [3.05, 3.63) is 34.5 Å². The van der Waals surface area contributed by atoms with E-state index in [0.29, 0.717) is 41.0 Å². The Morgan fingerprint density at radius 2 is 1.96 bits per heavy atom. The zero-order valence-electron chi connectivity index (χ0n) is 13.2. The van der Waals surface area contributed by atoms with Gasteiger partial charge in [0.05, 0.1) is 12.1 Å². The molecule has 0 aliphatic carbocycles. The molecular formula is C15H16N4O3S3. The number of anilines is 1. The Kier molecular flexibility index (Phi) is 5.51. The van der Waals surface area contributed by atoms with Gasteiger partial charge in [0.1, 0.15) is 15.3 Å². The molecule has 2 aromatic heterocycles. The van der Waals surface area contributed by atoms with Crippen LogP contribution in [0.3, 0.4) is 0 Å². The molecule has 25 heavy (non-hydrogen) atoms. The molecule has 10 heteroatoms. The monoisotopic (exact) mass is 396 g/mol. The Balaban J connectivity index is 1.53. The van der Waals surface area contributed by atoms with Crippen LogP contribution in [-0.4, -0.2) is 56.3 Å². The van der Waals surface area contributed by atoms with Gasteiger partial charge in [-0.25, -0.2) is 8.42 Å². The lowest BCUT2D eigenvalue weighted by molar-refractivity contribution is -0.117. The summed E-state index contributed by atoms with van der Waals surface area (Å²) in [4.78, 5) is 14.0. The fourth-order valence-corrected chi connectivity index (χ4v) is 5.85. The second-order valence-electron chi connectivity index (χ2n) is 5.44. The van der Waals surface area contributed by atoms with E-state index in [9.17, 15) is 13.2 Å². The van der Waals surface area contributed by atoms with Crippen molar-refractivity contribution in [3.8, 4) is 6.07 Å². The molecule has 0 bridgehead atoms. The van der Waals surface area contributed by atoms with Crippen molar-refractivity contribution in [2.45, 2.75) is 4.21 Å². The molecule has 1 aliphatic rings. The van der Waals surface area contributed by atoms with Gasteiger partial charge in [0.25, 0.3) is 10.0 Å². The van der Waals surface area contributed by atoms with Crippen molar-refractivity contribution < 1.29 is 13.2 Å². The summed E-state index contributed by atoms with van der Waals surface area (Å²) in [5, 5.41) is 15.7. The second-order valence-corrected chi connectivity index (χ2v) is 9.46. The zero-order chi connectivity index (χ0) is 17.9. The van der Waals surface area contributed by atoms with Crippen molar-refractivity contribution >= 4 is 43.6 Å². The molecule has 0 radical (unpaired) electrons. The number of nitrogens with one attached hydrogen (secondary N) is 1. The summed E-state index contributed by atoms with van der Waals surface area (Å²) in [6.07, 6.45) is 0. The van der Waals surface area contributed by atoms with Gasteiger partial charge in [-0.1, -0.05) is 6.07 Å². The van der Waals surface area contributed by atoms with E-state index in [1.165, 1.54) is 27.0 Å². The first-order valence-corrected chi connectivity index (χ1v) is 10.7. The molecule has 1 fully saturated rings. The first-order chi connectivity index (χ1) is 12.0.